The van der Waals surface area contributed by atoms with E-state index in [9.17, 15) is 0 Å². The number of rotatable bonds is 13. The lowest BCUT2D eigenvalue weighted by Gasteiger charge is -2.21. The average molecular weight is 415 g/mol. The van der Waals surface area contributed by atoms with E-state index in [4.69, 9.17) is 18.9 Å². The van der Waals surface area contributed by atoms with E-state index in [0.29, 0.717) is 0 Å². The maximum Gasteiger partial charge on any atom is 0.162 e. The van der Waals surface area contributed by atoms with Crippen LogP contribution in [0.3, 0.4) is 0 Å². The van der Waals surface area contributed by atoms with E-state index < -0.39 is 0 Å². The Morgan fingerprint density at radius 1 is 0.800 bits per heavy atom. The molecule has 0 saturated heterocycles. The molecule has 0 aliphatic carbocycles. The maximum atomic E-state index is 5.41. The van der Waals surface area contributed by atoms with Gasteiger partial charge in [0.25, 0.3) is 0 Å². The highest BCUT2D eigenvalue weighted by molar-refractivity contribution is 5.54. The molecule has 0 fully saturated rings. The van der Waals surface area contributed by atoms with Crippen LogP contribution < -0.4 is 24.3 Å². The van der Waals surface area contributed by atoms with E-state index in [0.717, 1.165) is 61.2 Å². The molecule has 164 valence electrons. The number of nitrogens with one attached hydrogen (secondary N) is 1. The van der Waals surface area contributed by atoms with Crippen LogP contribution in [0.1, 0.15) is 18.9 Å². The van der Waals surface area contributed by atoms with Crippen LogP contribution in [0.5, 0.6) is 23.0 Å². The molecule has 1 N–H and O–H groups in total. The van der Waals surface area contributed by atoms with Gasteiger partial charge in [0.05, 0.1) is 28.4 Å². The molecule has 0 spiro atoms. The Bertz CT molecular complexity index is 808. The molecule has 0 radical (unpaired) electrons. The largest absolute Gasteiger partial charge is 0.493 e. The molecule has 2 aromatic carbocycles. The molecular weight excluding hydrogens is 380 g/mol. The van der Waals surface area contributed by atoms with Crippen molar-refractivity contribution in [2.24, 2.45) is 0 Å². The molecule has 30 heavy (non-hydrogen) atoms. The predicted molar refractivity (Wildman–Crippen MR) is 122 cm³/mol. The summed E-state index contributed by atoms with van der Waals surface area (Å²) in [5, 5.41) is 3.45. The second kappa shape index (κ2) is 12.5. The first-order valence-corrected chi connectivity index (χ1v) is 10.2. The van der Waals surface area contributed by atoms with Crippen molar-refractivity contribution in [2.45, 2.75) is 19.8 Å². The Hall–Kier alpha value is -3.02. The molecule has 0 amide bonds. The van der Waals surface area contributed by atoms with Crippen molar-refractivity contribution in [3.63, 3.8) is 0 Å². The zero-order chi connectivity index (χ0) is 21.8. The van der Waals surface area contributed by atoms with E-state index >= 15 is 0 Å². The van der Waals surface area contributed by atoms with Crippen LogP contribution in [-0.2, 0) is 6.42 Å². The van der Waals surface area contributed by atoms with Crippen molar-refractivity contribution >= 4 is 5.69 Å². The minimum absolute atomic E-state index is 0.730. The van der Waals surface area contributed by atoms with Gasteiger partial charge >= 0.3 is 0 Å². The Morgan fingerprint density at radius 2 is 1.43 bits per heavy atom. The molecule has 0 bridgehead atoms. The number of ether oxygens (including phenoxy) is 4. The quantitative estimate of drug-likeness (QED) is 0.484. The average Bonchev–Trinajstić information content (AvgIpc) is 2.79. The second-order valence-corrected chi connectivity index (χ2v) is 6.81. The molecule has 0 unspecified atom stereocenters. The Kier molecular flexibility index (Phi) is 9.71. The minimum Gasteiger partial charge on any atom is -0.493 e. The summed E-state index contributed by atoms with van der Waals surface area (Å²) in [7, 11) is 6.61. The highest BCUT2D eigenvalue weighted by Gasteiger charge is 2.07. The van der Waals surface area contributed by atoms with Gasteiger partial charge in [-0.3, -0.25) is 0 Å². The highest BCUT2D eigenvalue weighted by atomic mass is 16.5. The zero-order valence-corrected chi connectivity index (χ0v) is 18.7. The second-order valence-electron chi connectivity index (χ2n) is 6.81. The van der Waals surface area contributed by atoms with Gasteiger partial charge in [-0.25, -0.2) is 0 Å². The molecule has 0 atom stereocenters. The molecule has 0 aliphatic rings. The van der Waals surface area contributed by atoms with Crippen molar-refractivity contribution in [2.75, 3.05) is 53.4 Å². The zero-order valence-electron chi connectivity index (χ0n) is 18.7. The third-order valence-corrected chi connectivity index (χ3v) is 4.83. The number of methoxy groups -OCH3 is 4. The lowest BCUT2D eigenvalue weighted by Crippen LogP contribution is -2.23. The lowest BCUT2D eigenvalue weighted by atomic mass is 10.1. The van der Waals surface area contributed by atoms with Crippen LogP contribution >= 0.6 is 0 Å². The Labute approximate surface area is 180 Å². The van der Waals surface area contributed by atoms with Gasteiger partial charge in [-0.05, 0) is 55.8 Å². The van der Waals surface area contributed by atoms with Gasteiger partial charge in [-0.15, -0.1) is 0 Å². The van der Waals surface area contributed by atoms with Gasteiger partial charge in [0.1, 0.15) is 0 Å². The van der Waals surface area contributed by atoms with Gasteiger partial charge < -0.3 is 29.2 Å². The van der Waals surface area contributed by atoms with Crippen molar-refractivity contribution in [3.8, 4) is 23.0 Å². The minimum atomic E-state index is 0.730. The van der Waals surface area contributed by atoms with Crippen molar-refractivity contribution in [1.29, 1.82) is 0 Å². The fourth-order valence-electron chi connectivity index (χ4n) is 3.24. The summed E-state index contributed by atoms with van der Waals surface area (Å²) in [6.07, 6.45) is 6.19. The SMILES string of the molecule is CC=CN(CCCNc1ccc(OC)c(OC)c1)CCc1ccc(OC)c(OC)c1. The number of anilines is 1. The van der Waals surface area contributed by atoms with E-state index in [1.807, 2.05) is 37.3 Å². The summed E-state index contributed by atoms with van der Waals surface area (Å²) in [6, 6.07) is 12.0. The van der Waals surface area contributed by atoms with Crippen LogP contribution in [0.2, 0.25) is 0 Å². The fourth-order valence-corrected chi connectivity index (χ4v) is 3.24. The van der Waals surface area contributed by atoms with E-state index in [-0.39, 0.29) is 0 Å². The van der Waals surface area contributed by atoms with Gasteiger partial charge in [-0.2, -0.15) is 0 Å². The summed E-state index contributed by atoms with van der Waals surface area (Å²) in [5.74, 6) is 2.99. The molecule has 0 heterocycles. The van der Waals surface area contributed by atoms with Crippen LogP contribution in [0.15, 0.2) is 48.7 Å². The molecule has 0 saturated carbocycles. The molecule has 6 nitrogen and oxygen atoms in total. The normalized spacial score (nSPS) is 10.7. The number of nitrogens with zero attached hydrogens (tertiary/aromatic N) is 1. The van der Waals surface area contributed by atoms with E-state index in [1.165, 1.54) is 5.56 Å². The number of hydrogen-bond acceptors (Lipinski definition) is 6. The molecule has 0 aromatic heterocycles. The standard InChI is InChI=1S/C24H34N2O4/c1-6-14-26(16-12-19-8-10-21(27-2)23(17-19)29-4)15-7-13-25-20-9-11-22(28-3)24(18-20)30-5/h6,8-11,14,17-18,25H,7,12-13,15-16H2,1-5H3. The molecular formula is C24H34N2O4. The van der Waals surface area contributed by atoms with Crippen molar-refractivity contribution in [3.05, 3.63) is 54.2 Å². The Morgan fingerprint density at radius 3 is 2.07 bits per heavy atom. The first-order valence-electron chi connectivity index (χ1n) is 10.2. The molecule has 2 aromatic rings. The summed E-state index contributed by atoms with van der Waals surface area (Å²) in [6.45, 7) is 4.83. The third-order valence-electron chi connectivity index (χ3n) is 4.83. The fraction of sp³-hybridized carbons (Fsp3) is 0.417. The predicted octanol–water partition coefficient (Wildman–Crippen LogP) is 4.60. The van der Waals surface area contributed by atoms with Gasteiger partial charge in [0.2, 0.25) is 0 Å². The highest BCUT2D eigenvalue weighted by Crippen LogP contribution is 2.30. The van der Waals surface area contributed by atoms with E-state index in [1.54, 1.807) is 28.4 Å². The maximum absolute atomic E-state index is 5.41. The van der Waals surface area contributed by atoms with Crippen molar-refractivity contribution in [1.82, 2.24) is 4.90 Å². The van der Waals surface area contributed by atoms with E-state index in [2.05, 4.69) is 28.6 Å². The molecule has 0 aliphatic heterocycles. The topological polar surface area (TPSA) is 52.2 Å². The van der Waals surface area contributed by atoms with Gasteiger partial charge in [0, 0.05) is 31.4 Å². The van der Waals surface area contributed by atoms with Crippen LogP contribution in [0, 0.1) is 0 Å². The van der Waals surface area contributed by atoms with Gasteiger partial charge in [0.15, 0.2) is 23.0 Å². The number of benzene rings is 2. The summed E-state index contributed by atoms with van der Waals surface area (Å²) in [4.78, 5) is 2.34. The van der Waals surface area contributed by atoms with Gasteiger partial charge in [-0.1, -0.05) is 12.1 Å². The van der Waals surface area contributed by atoms with Crippen LogP contribution in [-0.4, -0.2) is 53.0 Å². The van der Waals surface area contributed by atoms with Crippen LogP contribution in [0.25, 0.3) is 0 Å². The summed E-state index contributed by atoms with van der Waals surface area (Å²) < 4.78 is 21.4. The molecule has 2 rings (SSSR count). The van der Waals surface area contributed by atoms with Crippen molar-refractivity contribution < 1.29 is 18.9 Å². The monoisotopic (exact) mass is 414 g/mol. The third kappa shape index (κ3) is 6.79. The smallest absolute Gasteiger partial charge is 0.162 e. The number of allylic oxidation sites excluding steroid dienone is 1. The first kappa shape index (κ1) is 23.3. The number of hydrogen-bond donors (Lipinski definition) is 1. The van der Waals surface area contributed by atoms with Crippen LogP contribution in [0.4, 0.5) is 5.69 Å². The molecule has 6 heteroatoms. The summed E-state index contributed by atoms with van der Waals surface area (Å²) in [5.41, 5.74) is 2.25. The first-order chi connectivity index (χ1) is 14.6. The summed E-state index contributed by atoms with van der Waals surface area (Å²) >= 11 is 0. The lowest BCUT2D eigenvalue weighted by molar-refractivity contribution is 0.353. The Balaban J connectivity index is 1.83.